The molecule has 1 heterocycles. The Morgan fingerprint density at radius 2 is 1.86 bits per heavy atom. The first kappa shape index (κ1) is 21.4. The molecule has 1 aliphatic heterocycles. The average molecular weight is 415 g/mol. The summed E-state index contributed by atoms with van der Waals surface area (Å²) in [5, 5.41) is 4.04. The molecule has 0 aliphatic carbocycles. The molecule has 1 atom stereocenters. The van der Waals surface area contributed by atoms with E-state index in [4.69, 9.17) is 26.4 Å². The Labute approximate surface area is 179 Å². The lowest BCUT2D eigenvalue weighted by Gasteiger charge is -2.29. The molecule has 1 saturated heterocycles. The molecule has 5 nitrogen and oxygen atoms in total. The molecule has 2 aromatic carbocycles. The molecular formula is C23H30N2O3S. The summed E-state index contributed by atoms with van der Waals surface area (Å²) in [6.45, 7) is 7.53. The van der Waals surface area contributed by atoms with Gasteiger partial charge in [-0.15, -0.1) is 0 Å². The first-order valence-corrected chi connectivity index (χ1v) is 10.7. The summed E-state index contributed by atoms with van der Waals surface area (Å²) in [6, 6.07) is 16.1. The molecule has 0 aromatic heterocycles. The number of para-hydroxylation sites is 2. The van der Waals surface area contributed by atoms with Crippen LogP contribution >= 0.6 is 12.2 Å². The van der Waals surface area contributed by atoms with Gasteiger partial charge in [0.05, 0.1) is 25.0 Å². The van der Waals surface area contributed by atoms with Crippen LogP contribution in [-0.4, -0.2) is 42.5 Å². The Morgan fingerprint density at radius 1 is 1.10 bits per heavy atom. The number of rotatable bonds is 9. The molecule has 0 radical (unpaired) electrons. The zero-order valence-electron chi connectivity index (χ0n) is 17.2. The van der Waals surface area contributed by atoms with Crippen molar-refractivity contribution in [2.24, 2.45) is 0 Å². The maximum Gasteiger partial charge on any atom is 0.173 e. The van der Waals surface area contributed by atoms with Gasteiger partial charge in [-0.1, -0.05) is 24.3 Å². The molecule has 0 spiro atoms. The highest BCUT2D eigenvalue weighted by molar-refractivity contribution is 7.80. The number of ether oxygens (including phenoxy) is 3. The maximum absolute atomic E-state index is 5.86. The second-order valence-electron chi connectivity index (χ2n) is 6.95. The van der Waals surface area contributed by atoms with Crippen molar-refractivity contribution in [2.75, 3.05) is 31.7 Å². The van der Waals surface area contributed by atoms with E-state index in [0.717, 1.165) is 43.2 Å². The molecule has 1 fully saturated rings. The number of hydrogen-bond acceptors (Lipinski definition) is 4. The molecule has 0 saturated carbocycles. The molecule has 156 valence electrons. The van der Waals surface area contributed by atoms with Gasteiger partial charge in [-0.05, 0) is 68.7 Å². The lowest BCUT2D eigenvalue weighted by Crippen LogP contribution is -2.39. The van der Waals surface area contributed by atoms with Gasteiger partial charge in [-0.3, -0.25) is 0 Å². The Kier molecular flexibility index (Phi) is 8.14. The van der Waals surface area contributed by atoms with Crippen LogP contribution in [-0.2, 0) is 11.3 Å². The Hall–Kier alpha value is -2.31. The Morgan fingerprint density at radius 3 is 2.55 bits per heavy atom. The van der Waals surface area contributed by atoms with Crippen LogP contribution in [0.3, 0.4) is 0 Å². The van der Waals surface area contributed by atoms with Crippen LogP contribution in [0.25, 0.3) is 0 Å². The fraction of sp³-hybridized carbons (Fsp3) is 0.435. The molecular weight excluding hydrogens is 384 g/mol. The SMILES string of the molecule is CCOc1ccc(CN(CC2CCCO2)C(=S)Nc2ccccc2OCC)cc1. The standard InChI is InChI=1S/C23H30N2O3S/c1-3-26-19-13-11-18(12-14-19)16-25(17-20-8-7-15-28-20)23(29)24-21-9-5-6-10-22(21)27-4-2/h5-6,9-14,20H,3-4,7-8,15-17H2,1-2H3,(H,24,29). The summed E-state index contributed by atoms with van der Waals surface area (Å²) < 4.78 is 17.1. The number of hydrogen-bond donors (Lipinski definition) is 1. The fourth-order valence-electron chi connectivity index (χ4n) is 3.38. The van der Waals surface area contributed by atoms with E-state index in [0.29, 0.717) is 24.9 Å². The lowest BCUT2D eigenvalue weighted by atomic mass is 10.2. The van der Waals surface area contributed by atoms with Crippen LogP contribution in [0.1, 0.15) is 32.3 Å². The van der Waals surface area contributed by atoms with Crippen molar-refractivity contribution in [3.63, 3.8) is 0 Å². The van der Waals surface area contributed by atoms with E-state index < -0.39 is 0 Å². The van der Waals surface area contributed by atoms with Gasteiger partial charge in [-0.2, -0.15) is 0 Å². The summed E-state index contributed by atoms with van der Waals surface area (Å²) in [5.74, 6) is 1.68. The van der Waals surface area contributed by atoms with Crippen LogP contribution < -0.4 is 14.8 Å². The lowest BCUT2D eigenvalue weighted by molar-refractivity contribution is 0.0905. The molecule has 1 aliphatic rings. The minimum absolute atomic E-state index is 0.208. The highest BCUT2D eigenvalue weighted by atomic mass is 32.1. The number of benzene rings is 2. The third-order valence-electron chi connectivity index (χ3n) is 4.77. The van der Waals surface area contributed by atoms with Crippen LogP contribution in [0.15, 0.2) is 48.5 Å². The summed E-state index contributed by atoms with van der Waals surface area (Å²) in [5.41, 5.74) is 2.05. The molecule has 0 amide bonds. The predicted molar refractivity (Wildman–Crippen MR) is 121 cm³/mol. The Bertz CT molecular complexity index is 776. The third-order valence-corrected chi connectivity index (χ3v) is 5.13. The van der Waals surface area contributed by atoms with E-state index >= 15 is 0 Å². The molecule has 1 N–H and O–H groups in total. The van der Waals surface area contributed by atoms with Crippen molar-refractivity contribution in [1.82, 2.24) is 4.90 Å². The zero-order chi connectivity index (χ0) is 20.5. The van der Waals surface area contributed by atoms with Gasteiger partial charge in [0.25, 0.3) is 0 Å². The van der Waals surface area contributed by atoms with Crippen molar-refractivity contribution in [1.29, 1.82) is 0 Å². The zero-order valence-corrected chi connectivity index (χ0v) is 18.0. The first-order chi connectivity index (χ1) is 14.2. The van der Waals surface area contributed by atoms with E-state index in [1.165, 1.54) is 5.56 Å². The van der Waals surface area contributed by atoms with E-state index in [-0.39, 0.29) is 6.10 Å². The number of anilines is 1. The summed E-state index contributed by atoms with van der Waals surface area (Å²) in [4.78, 5) is 2.17. The van der Waals surface area contributed by atoms with Gasteiger partial charge in [0.15, 0.2) is 5.11 Å². The van der Waals surface area contributed by atoms with Crippen molar-refractivity contribution < 1.29 is 14.2 Å². The van der Waals surface area contributed by atoms with Gasteiger partial charge < -0.3 is 24.4 Å². The highest BCUT2D eigenvalue weighted by Crippen LogP contribution is 2.25. The first-order valence-electron chi connectivity index (χ1n) is 10.3. The van der Waals surface area contributed by atoms with Gasteiger partial charge in [0, 0.05) is 19.7 Å². The maximum atomic E-state index is 5.86. The number of thiocarbonyl (C=S) groups is 1. The summed E-state index contributed by atoms with van der Waals surface area (Å²) >= 11 is 5.78. The molecule has 6 heteroatoms. The smallest absolute Gasteiger partial charge is 0.173 e. The quantitative estimate of drug-likeness (QED) is 0.591. The minimum atomic E-state index is 0.208. The second-order valence-corrected chi connectivity index (χ2v) is 7.34. The largest absolute Gasteiger partial charge is 0.494 e. The number of nitrogens with one attached hydrogen (secondary N) is 1. The highest BCUT2D eigenvalue weighted by Gasteiger charge is 2.21. The van der Waals surface area contributed by atoms with Crippen LogP contribution in [0, 0.1) is 0 Å². The van der Waals surface area contributed by atoms with Crippen LogP contribution in [0.2, 0.25) is 0 Å². The van der Waals surface area contributed by atoms with Gasteiger partial charge in [0.2, 0.25) is 0 Å². The minimum Gasteiger partial charge on any atom is -0.494 e. The number of nitrogens with zero attached hydrogens (tertiary/aromatic N) is 1. The van der Waals surface area contributed by atoms with Crippen LogP contribution in [0.4, 0.5) is 5.69 Å². The van der Waals surface area contributed by atoms with E-state index in [9.17, 15) is 0 Å². The monoisotopic (exact) mass is 414 g/mol. The molecule has 29 heavy (non-hydrogen) atoms. The topological polar surface area (TPSA) is 43.0 Å². The van der Waals surface area contributed by atoms with Crippen molar-refractivity contribution in [3.8, 4) is 11.5 Å². The van der Waals surface area contributed by atoms with Gasteiger partial charge in [0.1, 0.15) is 11.5 Å². The summed E-state index contributed by atoms with van der Waals surface area (Å²) in [7, 11) is 0. The summed E-state index contributed by atoms with van der Waals surface area (Å²) in [6.07, 6.45) is 2.38. The fourth-order valence-corrected chi connectivity index (χ4v) is 3.63. The molecule has 2 aromatic rings. The van der Waals surface area contributed by atoms with E-state index in [1.807, 2.05) is 50.2 Å². The third kappa shape index (κ3) is 6.34. The van der Waals surface area contributed by atoms with E-state index in [1.54, 1.807) is 0 Å². The Balaban J connectivity index is 1.72. The predicted octanol–water partition coefficient (Wildman–Crippen LogP) is 4.86. The molecule has 3 rings (SSSR count). The van der Waals surface area contributed by atoms with Gasteiger partial charge in [-0.25, -0.2) is 0 Å². The normalized spacial score (nSPS) is 15.7. The van der Waals surface area contributed by atoms with E-state index in [2.05, 4.69) is 22.3 Å². The van der Waals surface area contributed by atoms with Crippen molar-refractivity contribution in [3.05, 3.63) is 54.1 Å². The molecule has 0 bridgehead atoms. The second kappa shape index (κ2) is 11.0. The van der Waals surface area contributed by atoms with Crippen LogP contribution in [0.5, 0.6) is 11.5 Å². The van der Waals surface area contributed by atoms with Gasteiger partial charge >= 0.3 is 0 Å². The average Bonchev–Trinajstić information content (AvgIpc) is 3.24. The molecule has 1 unspecified atom stereocenters. The van der Waals surface area contributed by atoms with Crippen molar-refractivity contribution in [2.45, 2.75) is 39.3 Å². The van der Waals surface area contributed by atoms with Crippen molar-refractivity contribution >= 4 is 23.0 Å².